The summed E-state index contributed by atoms with van der Waals surface area (Å²) < 4.78 is 0. The molecule has 1 atom stereocenters. The lowest BCUT2D eigenvalue weighted by molar-refractivity contribution is -0.137. The number of thioether (sulfide) groups is 1. The average molecular weight is 268 g/mol. The van der Waals surface area contributed by atoms with E-state index < -0.39 is 0 Å². The molecule has 1 saturated heterocycles. The van der Waals surface area contributed by atoms with Crippen LogP contribution in [0.1, 0.15) is 19.3 Å². The summed E-state index contributed by atoms with van der Waals surface area (Å²) in [7, 11) is 0. The van der Waals surface area contributed by atoms with Crippen LogP contribution in [0.5, 0.6) is 0 Å². The Hall–Kier alpha value is -1.30. The highest BCUT2D eigenvalue weighted by Crippen LogP contribution is 2.16. The molecule has 2 aliphatic rings. The minimum Gasteiger partial charge on any atom is -0.352 e. The lowest BCUT2D eigenvalue weighted by Gasteiger charge is -2.23. The SMILES string of the molecule is O=C(CCN1C(=O)C=CC1=O)NC1CCCSC1. The quantitative estimate of drug-likeness (QED) is 0.745. The molecule has 0 aromatic rings. The van der Waals surface area contributed by atoms with E-state index >= 15 is 0 Å². The van der Waals surface area contributed by atoms with E-state index in [0.29, 0.717) is 0 Å². The third kappa shape index (κ3) is 3.35. The number of hydrogen-bond donors (Lipinski definition) is 1. The third-order valence-electron chi connectivity index (χ3n) is 2.99. The molecule has 0 spiro atoms. The highest BCUT2D eigenvalue weighted by Gasteiger charge is 2.24. The van der Waals surface area contributed by atoms with E-state index in [1.165, 1.54) is 12.2 Å². The molecule has 18 heavy (non-hydrogen) atoms. The Balaban J connectivity index is 1.71. The molecule has 0 aliphatic carbocycles. The molecule has 2 aliphatic heterocycles. The molecule has 0 aromatic heterocycles. The van der Waals surface area contributed by atoms with Gasteiger partial charge in [0, 0.05) is 36.9 Å². The number of amides is 3. The van der Waals surface area contributed by atoms with Gasteiger partial charge >= 0.3 is 0 Å². The highest BCUT2D eigenvalue weighted by atomic mass is 32.2. The van der Waals surface area contributed by atoms with Gasteiger partial charge in [0.15, 0.2) is 0 Å². The fourth-order valence-electron chi connectivity index (χ4n) is 2.02. The Morgan fingerprint density at radius 2 is 2.11 bits per heavy atom. The van der Waals surface area contributed by atoms with Crippen molar-refractivity contribution in [2.75, 3.05) is 18.1 Å². The maximum Gasteiger partial charge on any atom is 0.253 e. The molecule has 0 bridgehead atoms. The Morgan fingerprint density at radius 1 is 1.39 bits per heavy atom. The molecule has 0 saturated carbocycles. The molecule has 1 unspecified atom stereocenters. The zero-order chi connectivity index (χ0) is 13.0. The van der Waals surface area contributed by atoms with Gasteiger partial charge in [0.25, 0.3) is 11.8 Å². The number of nitrogens with zero attached hydrogens (tertiary/aromatic N) is 1. The first kappa shape index (κ1) is 13.1. The first-order chi connectivity index (χ1) is 8.66. The van der Waals surface area contributed by atoms with Crippen LogP contribution in [0.25, 0.3) is 0 Å². The molecule has 5 nitrogen and oxygen atoms in total. The second-order valence-electron chi connectivity index (χ2n) is 4.39. The molecule has 1 fully saturated rings. The van der Waals surface area contributed by atoms with Crippen LogP contribution in [0.2, 0.25) is 0 Å². The molecule has 2 heterocycles. The van der Waals surface area contributed by atoms with Crippen LogP contribution < -0.4 is 5.32 Å². The van der Waals surface area contributed by atoms with E-state index in [1.807, 2.05) is 11.8 Å². The lowest BCUT2D eigenvalue weighted by Crippen LogP contribution is -2.40. The molecule has 98 valence electrons. The predicted octanol–water partition coefficient (Wildman–Crippen LogP) is 0.313. The Kier molecular flexibility index (Phi) is 4.41. The summed E-state index contributed by atoms with van der Waals surface area (Å²) in [6, 6.07) is 0.236. The largest absolute Gasteiger partial charge is 0.352 e. The van der Waals surface area contributed by atoms with Crippen LogP contribution in [0.4, 0.5) is 0 Å². The normalized spacial score (nSPS) is 23.6. The zero-order valence-electron chi connectivity index (χ0n) is 10.1. The molecule has 2 rings (SSSR count). The van der Waals surface area contributed by atoms with Gasteiger partial charge in [-0.25, -0.2) is 0 Å². The van der Waals surface area contributed by atoms with Crippen molar-refractivity contribution in [2.45, 2.75) is 25.3 Å². The monoisotopic (exact) mass is 268 g/mol. The third-order valence-corrected chi connectivity index (χ3v) is 4.20. The van der Waals surface area contributed by atoms with Crippen LogP contribution in [0, 0.1) is 0 Å². The van der Waals surface area contributed by atoms with Crippen molar-refractivity contribution in [1.82, 2.24) is 10.2 Å². The van der Waals surface area contributed by atoms with Gasteiger partial charge in [-0.2, -0.15) is 11.8 Å². The van der Waals surface area contributed by atoms with E-state index in [0.717, 1.165) is 29.2 Å². The summed E-state index contributed by atoms with van der Waals surface area (Å²) in [6.45, 7) is 0.163. The highest BCUT2D eigenvalue weighted by molar-refractivity contribution is 7.99. The number of hydrogen-bond acceptors (Lipinski definition) is 4. The van der Waals surface area contributed by atoms with Crippen molar-refractivity contribution in [3.8, 4) is 0 Å². The van der Waals surface area contributed by atoms with Crippen molar-refractivity contribution in [2.24, 2.45) is 0 Å². The number of imide groups is 1. The van der Waals surface area contributed by atoms with Crippen molar-refractivity contribution in [1.29, 1.82) is 0 Å². The van der Waals surface area contributed by atoms with Gasteiger partial charge in [-0.1, -0.05) is 0 Å². The van der Waals surface area contributed by atoms with Crippen LogP contribution in [0.3, 0.4) is 0 Å². The van der Waals surface area contributed by atoms with Crippen LogP contribution >= 0.6 is 11.8 Å². The second kappa shape index (κ2) is 6.04. The van der Waals surface area contributed by atoms with Crippen molar-refractivity contribution >= 4 is 29.5 Å². The van der Waals surface area contributed by atoms with Gasteiger partial charge in [-0.3, -0.25) is 19.3 Å². The summed E-state index contributed by atoms with van der Waals surface area (Å²) in [5, 5.41) is 2.94. The van der Waals surface area contributed by atoms with Crippen molar-refractivity contribution in [3.05, 3.63) is 12.2 Å². The van der Waals surface area contributed by atoms with E-state index in [-0.39, 0.29) is 36.7 Å². The number of nitrogens with one attached hydrogen (secondary N) is 1. The minimum atomic E-state index is -0.332. The van der Waals surface area contributed by atoms with Crippen molar-refractivity contribution < 1.29 is 14.4 Å². The summed E-state index contributed by atoms with van der Waals surface area (Å²) in [5.74, 6) is 1.36. The van der Waals surface area contributed by atoms with E-state index in [9.17, 15) is 14.4 Å². The fourth-order valence-corrected chi connectivity index (χ4v) is 3.09. The predicted molar refractivity (Wildman–Crippen MR) is 69.0 cm³/mol. The Labute approximate surface area is 110 Å². The van der Waals surface area contributed by atoms with E-state index in [1.54, 1.807) is 0 Å². The Bertz CT molecular complexity index is 371. The van der Waals surface area contributed by atoms with Gasteiger partial charge in [-0.05, 0) is 18.6 Å². The van der Waals surface area contributed by atoms with Crippen LogP contribution in [-0.4, -0.2) is 46.7 Å². The average Bonchev–Trinajstić information content (AvgIpc) is 2.68. The summed E-state index contributed by atoms with van der Waals surface area (Å²) in [4.78, 5) is 35.3. The molecule has 6 heteroatoms. The van der Waals surface area contributed by atoms with Gasteiger partial charge in [0.05, 0.1) is 0 Å². The summed E-state index contributed by atoms with van der Waals surface area (Å²) >= 11 is 1.85. The molecule has 0 aromatic carbocycles. The first-order valence-corrected chi connectivity index (χ1v) is 7.23. The van der Waals surface area contributed by atoms with Crippen LogP contribution in [0.15, 0.2) is 12.2 Å². The fraction of sp³-hybridized carbons (Fsp3) is 0.583. The molecule has 0 radical (unpaired) electrons. The summed E-state index contributed by atoms with van der Waals surface area (Å²) in [6.07, 6.45) is 4.79. The molecular weight excluding hydrogens is 252 g/mol. The number of carbonyl (C=O) groups is 3. The standard InChI is InChI=1S/C12H16N2O3S/c15-10(13-9-2-1-7-18-8-9)5-6-14-11(16)3-4-12(14)17/h3-4,9H,1-2,5-8H2,(H,13,15). The lowest BCUT2D eigenvalue weighted by atomic mass is 10.2. The molecule has 1 N–H and O–H groups in total. The smallest absolute Gasteiger partial charge is 0.253 e. The minimum absolute atomic E-state index is 0.0880. The zero-order valence-corrected chi connectivity index (χ0v) is 10.9. The van der Waals surface area contributed by atoms with E-state index in [2.05, 4.69) is 5.32 Å². The summed E-state index contributed by atoms with van der Waals surface area (Å²) in [5.41, 5.74) is 0. The Morgan fingerprint density at radius 3 is 2.72 bits per heavy atom. The van der Waals surface area contributed by atoms with Gasteiger partial charge < -0.3 is 5.32 Å². The first-order valence-electron chi connectivity index (χ1n) is 6.07. The molecule has 3 amide bonds. The topological polar surface area (TPSA) is 66.5 Å². The van der Waals surface area contributed by atoms with E-state index in [4.69, 9.17) is 0 Å². The number of rotatable bonds is 4. The van der Waals surface area contributed by atoms with Gasteiger partial charge in [0.1, 0.15) is 0 Å². The maximum atomic E-state index is 11.7. The van der Waals surface area contributed by atoms with Crippen molar-refractivity contribution in [3.63, 3.8) is 0 Å². The van der Waals surface area contributed by atoms with Crippen LogP contribution in [-0.2, 0) is 14.4 Å². The van der Waals surface area contributed by atoms with Gasteiger partial charge in [-0.15, -0.1) is 0 Å². The maximum absolute atomic E-state index is 11.7. The van der Waals surface area contributed by atoms with Gasteiger partial charge in [0.2, 0.25) is 5.91 Å². The number of carbonyl (C=O) groups excluding carboxylic acids is 3. The molecular formula is C12H16N2O3S. The second-order valence-corrected chi connectivity index (χ2v) is 5.54.